The minimum absolute atomic E-state index is 0.0373. The Hall–Kier alpha value is -3.85. The molecule has 3 nitrogen and oxygen atoms in total. The van der Waals surface area contributed by atoms with Crippen molar-refractivity contribution in [2.24, 2.45) is 0 Å². The molecule has 0 amide bonds. The van der Waals surface area contributed by atoms with Crippen LogP contribution in [0.25, 0.3) is 5.57 Å². The topological polar surface area (TPSA) is 32.3 Å². The molecule has 0 saturated heterocycles. The maximum absolute atomic E-state index is 14.0. The van der Waals surface area contributed by atoms with Crippen LogP contribution in [0.1, 0.15) is 53.4 Å². The van der Waals surface area contributed by atoms with Crippen molar-refractivity contribution in [3.05, 3.63) is 124 Å². The van der Waals surface area contributed by atoms with E-state index in [4.69, 9.17) is 0 Å². The number of anilines is 2. The molecule has 1 unspecified atom stereocenters. The summed E-state index contributed by atoms with van der Waals surface area (Å²) in [5.41, 5.74) is 11.9. The Labute approximate surface area is 207 Å². The number of carbonyl (C=O) groups is 1. The first-order chi connectivity index (χ1) is 17.1. The summed E-state index contributed by atoms with van der Waals surface area (Å²) in [5, 5.41) is 3.58. The van der Waals surface area contributed by atoms with E-state index in [1.807, 2.05) is 18.2 Å². The highest BCUT2D eigenvalue weighted by atomic mass is 16.1. The average Bonchev–Trinajstić information content (AvgIpc) is 2.91. The summed E-state index contributed by atoms with van der Waals surface area (Å²) in [6, 6.07) is 23.5. The number of rotatable bonds is 5. The Kier molecular flexibility index (Phi) is 5.21. The lowest BCUT2D eigenvalue weighted by Crippen LogP contribution is -2.43. The van der Waals surface area contributed by atoms with Crippen LogP contribution in [0.15, 0.2) is 95.7 Å². The average molecular weight is 459 g/mol. The third-order valence-corrected chi connectivity index (χ3v) is 7.58. The van der Waals surface area contributed by atoms with Gasteiger partial charge in [-0.05, 0) is 72.4 Å². The third-order valence-electron chi connectivity index (χ3n) is 7.58. The summed E-state index contributed by atoms with van der Waals surface area (Å²) in [7, 11) is 0. The highest BCUT2D eigenvalue weighted by Crippen LogP contribution is 2.50. The molecule has 0 fully saturated rings. The van der Waals surface area contributed by atoms with E-state index in [2.05, 4.69) is 91.7 Å². The fraction of sp³-hybridized carbons (Fsp3) is 0.219. The Morgan fingerprint density at radius 2 is 1.51 bits per heavy atom. The lowest BCUT2D eigenvalue weighted by atomic mass is 9.71. The van der Waals surface area contributed by atoms with Gasteiger partial charge in [0.1, 0.15) is 0 Å². The molecule has 0 radical (unpaired) electrons. The van der Waals surface area contributed by atoms with Gasteiger partial charge >= 0.3 is 0 Å². The van der Waals surface area contributed by atoms with Crippen molar-refractivity contribution < 1.29 is 4.79 Å². The zero-order valence-electron chi connectivity index (χ0n) is 20.6. The zero-order chi connectivity index (χ0) is 24.1. The molecule has 1 atom stereocenters. The number of hydrogen-bond donors (Lipinski definition) is 1. The summed E-state index contributed by atoms with van der Waals surface area (Å²) in [6.45, 7) is 7.42. The molecule has 1 aliphatic heterocycles. The predicted octanol–water partition coefficient (Wildman–Crippen LogP) is 6.95. The summed E-state index contributed by atoms with van der Waals surface area (Å²) >= 11 is 0. The molecule has 174 valence electrons. The van der Waals surface area contributed by atoms with Gasteiger partial charge in [0.25, 0.3) is 0 Å². The van der Waals surface area contributed by atoms with Gasteiger partial charge in [0, 0.05) is 40.3 Å². The van der Waals surface area contributed by atoms with Gasteiger partial charge in [-0.2, -0.15) is 0 Å². The number of nitrogens with zero attached hydrogens (tertiary/aromatic N) is 1. The van der Waals surface area contributed by atoms with E-state index in [0.717, 1.165) is 53.0 Å². The van der Waals surface area contributed by atoms with E-state index in [1.54, 1.807) is 0 Å². The summed E-state index contributed by atoms with van der Waals surface area (Å²) in [5.74, 6) is 0.104. The normalized spacial score (nSPS) is 17.9. The molecular weight excluding hydrogens is 428 g/mol. The van der Waals surface area contributed by atoms with Gasteiger partial charge in [-0.1, -0.05) is 62.4 Å². The van der Waals surface area contributed by atoms with E-state index in [0.29, 0.717) is 0 Å². The fourth-order valence-corrected chi connectivity index (χ4v) is 5.76. The SMILES string of the molecule is CCc1ccc(NC2=C3C(=O)c4ccccc4C4=C3C(C=C2)N(CC)c2ccc(CC)cc24)cc1. The molecule has 3 aromatic carbocycles. The summed E-state index contributed by atoms with van der Waals surface area (Å²) < 4.78 is 0. The first kappa shape index (κ1) is 21.7. The number of allylic oxidation sites excluding steroid dienone is 1. The van der Waals surface area contributed by atoms with Crippen LogP contribution >= 0.6 is 0 Å². The molecule has 2 aliphatic carbocycles. The lowest BCUT2D eigenvalue weighted by molar-refractivity contribution is 0.103. The Bertz CT molecular complexity index is 1440. The van der Waals surface area contributed by atoms with Gasteiger partial charge in [-0.3, -0.25) is 4.79 Å². The van der Waals surface area contributed by atoms with Gasteiger partial charge in [0.2, 0.25) is 0 Å². The summed E-state index contributed by atoms with van der Waals surface area (Å²) in [4.78, 5) is 16.5. The Morgan fingerprint density at radius 3 is 2.23 bits per heavy atom. The first-order valence-electron chi connectivity index (χ1n) is 12.7. The van der Waals surface area contributed by atoms with Crippen LogP contribution in [0.5, 0.6) is 0 Å². The smallest absolute Gasteiger partial charge is 0.196 e. The van der Waals surface area contributed by atoms with Crippen molar-refractivity contribution in [1.82, 2.24) is 0 Å². The lowest BCUT2D eigenvalue weighted by Gasteiger charge is -2.44. The molecule has 6 rings (SSSR count). The van der Waals surface area contributed by atoms with Crippen LogP contribution in [0.4, 0.5) is 11.4 Å². The maximum atomic E-state index is 14.0. The minimum atomic E-state index is 0.0373. The largest absolute Gasteiger partial charge is 0.361 e. The second-order valence-electron chi connectivity index (χ2n) is 9.42. The molecule has 1 heterocycles. The molecule has 0 bridgehead atoms. The van der Waals surface area contributed by atoms with Crippen molar-refractivity contribution in [3.63, 3.8) is 0 Å². The van der Waals surface area contributed by atoms with Crippen LogP contribution in [0.2, 0.25) is 0 Å². The molecular formula is C32H30N2O. The molecule has 0 spiro atoms. The maximum Gasteiger partial charge on any atom is 0.196 e. The number of ketones is 1. The van der Waals surface area contributed by atoms with Gasteiger partial charge in [0.15, 0.2) is 5.78 Å². The number of fused-ring (bicyclic) bond motifs is 4. The fourth-order valence-electron chi connectivity index (χ4n) is 5.76. The second-order valence-corrected chi connectivity index (χ2v) is 9.42. The highest BCUT2D eigenvalue weighted by Gasteiger charge is 2.42. The van der Waals surface area contributed by atoms with Gasteiger partial charge in [0.05, 0.1) is 11.6 Å². The molecule has 3 aromatic rings. The van der Waals surface area contributed by atoms with Gasteiger partial charge < -0.3 is 10.2 Å². The molecule has 3 aliphatic rings. The van der Waals surface area contributed by atoms with E-state index >= 15 is 0 Å². The number of carbonyl (C=O) groups excluding carboxylic acids is 1. The van der Waals surface area contributed by atoms with Gasteiger partial charge in [-0.15, -0.1) is 0 Å². The number of hydrogen-bond acceptors (Lipinski definition) is 3. The number of likely N-dealkylation sites (N-methyl/N-ethyl adjacent to an activating group) is 1. The first-order valence-corrected chi connectivity index (χ1v) is 12.7. The van der Waals surface area contributed by atoms with Crippen molar-refractivity contribution in [2.45, 2.75) is 39.7 Å². The van der Waals surface area contributed by atoms with E-state index in [9.17, 15) is 4.79 Å². The molecule has 0 saturated carbocycles. The molecule has 3 heteroatoms. The molecule has 1 N–H and O–H groups in total. The monoisotopic (exact) mass is 458 g/mol. The number of Topliss-reactive ketones (excluding diaryl/α,β-unsaturated/α-hetero) is 1. The highest BCUT2D eigenvalue weighted by molar-refractivity contribution is 6.22. The van der Waals surface area contributed by atoms with E-state index < -0.39 is 0 Å². The third kappa shape index (κ3) is 3.30. The summed E-state index contributed by atoms with van der Waals surface area (Å²) in [6.07, 6.45) is 6.35. The quantitative estimate of drug-likeness (QED) is 0.449. The standard InChI is InChI=1S/C32H30N2O/c1-4-20-11-14-22(15-12-20)33-26-16-18-28-31-29(23-9-7-8-10-24(23)32(35)30(26)31)25-19-21(5-2)13-17-27(25)34(28)6-3/h7-19,28,33H,4-6H2,1-3H3. The number of nitrogens with one attached hydrogen (secondary N) is 1. The van der Waals surface area contributed by atoms with Crippen LogP contribution < -0.4 is 10.2 Å². The zero-order valence-corrected chi connectivity index (χ0v) is 20.6. The van der Waals surface area contributed by atoms with Crippen LogP contribution in [0, 0.1) is 0 Å². The van der Waals surface area contributed by atoms with Crippen LogP contribution in [-0.2, 0) is 12.8 Å². The minimum Gasteiger partial charge on any atom is -0.361 e. The number of aryl methyl sites for hydroxylation is 2. The Balaban J connectivity index is 1.62. The van der Waals surface area contributed by atoms with Crippen molar-refractivity contribution in [2.75, 3.05) is 16.8 Å². The molecule has 0 aromatic heterocycles. The van der Waals surface area contributed by atoms with Crippen molar-refractivity contribution in [3.8, 4) is 0 Å². The number of benzene rings is 3. The van der Waals surface area contributed by atoms with Crippen molar-refractivity contribution >= 4 is 22.7 Å². The van der Waals surface area contributed by atoms with Gasteiger partial charge in [-0.25, -0.2) is 0 Å². The second kappa shape index (κ2) is 8.42. The predicted molar refractivity (Wildman–Crippen MR) is 145 cm³/mol. The van der Waals surface area contributed by atoms with E-state index in [1.165, 1.54) is 28.0 Å². The Morgan fingerprint density at radius 1 is 0.800 bits per heavy atom. The van der Waals surface area contributed by atoms with E-state index in [-0.39, 0.29) is 11.8 Å². The van der Waals surface area contributed by atoms with Crippen LogP contribution in [-0.4, -0.2) is 18.4 Å². The molecule has 35 heavy (non-hydrogen) atoms. The van der Waals surface area contributed by atoms with Crippen molar-refractivity contribution in [1.29, 1.82) is 0 Å². The van der Waals surface area contributed by atoms with Crippen LogP contribution in [0.3, 0.4) is 0 Å².